The molecular formula is C48H46Cl2S2Zr. The van der Waals surface area contributed by atoms with Gasteiger partial charge in [-0.15, -0.1) is 69.1 Å². The van der Waals surface area contributed by atoms with Crippen molar-refractivity contribution >= 4 is 44.2 Å². The molecule has 0 radical (unpaired) electrons. The summed E-state index contributed by atoms with van der Waals surface area (Å²) in [6.07, 6.45) is 2.36. The van der Waals surface area contributed by atoms with Crippen molar-refractivity contribution in [3.63, 3.8) is 0 Å². The molecular weight excluding hydrogens is 803 g/mol. The first-order valence-corrected chi connectivity index (χ1v) is 19.7. The molecule has 0 amide bonds. The van der Waals surface area contributed by atoms with E-state index >= 15 is 0 Å². The molecule has 0 saturated carbocycles. The standard InChI is InChI=1S/2C24H23S.2ClH.Zr/c2*1-4-16(2)18-9-11-19(12-10-18)22-7-5-6-20-14-21(15-23(20)22)24-13-8-17(3)25-24;;;/h2*5-16H,4H2,1-3H3;2*1H;/q2*-1;;;+4/p-2. The van der Waals surface area contributed by atoms with Gasteiger partial charge in [0.15, 0.2) is 0 Å². The molecule has 2 unspecified atom stereocenters. The Morgan fingerprint density at radius 1 is 0.509 bits per heavy atom. The van der Waals surface area contributed by atoms with Crippen LogP contribution in [-0.2, 0) is 26.2 Å². The minimum absolute atomic E-state index is 0. The first-order chi connectivity index (χ1) is 24.3. The predicted octanol–water partition coefficient (Wildman–Crippen LogP) is 9.56. The minimum Gasteiger partial charge on any atom is -1.00 e. The molecule has 8 rings (SSSR count). The molecule has 0 bridgehead atoms. The third kappa shape index (κ3) is 9.44. The fourth-order valence-electron chi connectivity index (χ4n) is 6.89. The number of halogens is 2. The number of rotatable bonds is 8. The zero-order valence-electron chi connectivity index (χ0n) is 31.3. The van der Waals surface area contributed by atoms with Crippen molar-refractivity contribution < 1.29 is 51.0 Å². The fraction of sp³-hybridized carbons (Fsp3) is 0.208. The average Bonchev–Trinajstić information content (AvgIpc) is 3.97. The second-order valence-corrected chi connectivity index (χ2v) is 16.4. The van der Waals surface area contributed by atoms with E-state index in [2.05, 4.69) is 175 Å². The molecule has 0 nitrogen and oxygen atoms in total. The van der Waals surface area contributed by atoms with Crippen LogP contribution in [0.1, 0.15) is 73.3 Å². The summed E-state index contributed by atoms with van der Waals surface area (Å²) in [6, 6.07) is 49.7. The monoisotopic (exact) mass is 846 g/mol. The third-order valence-corrected chi connectivity index (χ3v) is 12.5. The number of hydrogen-bond donors (Lipinski definition) is 0. The van der Waals surface area contributed by atoms with Gasteiger partial charge in [0.05, 0.1) is 0 Å². The van der Waals surface area contributed by atoms with Gasteiger partial charge in [-0.2, -0.15) is 22.7 Å². The van der Waals surface area contributed by atoms with Gasteiger partial charge in [-0.25, -0.2) is 0 Å². The maximum atomic E-state index is 2.35. The smallest absolute Gasteiger partial charge is 1.00 e. The zero-order valence-corrected chi connectivity index (χ0v) is 36.9. The van der Waals surface area contributed by atoms with Gasteiger partial charge in [0.2, 0.25) is 0 Å². The molecule has 0 aliphatic rings. The van der Waals surface area contributed by atoms with Crippen LogP contribution in [0.15, 0.2) is 133 Å². The number of thiophene rings is 2. The summed E-state index contributed by atoms with van der Waals surface area (Å²) < 4.78 is 0. The van der Waals surface area contributed by atoms with Crippen LogP contribution in [0.2, 0.25) is 0 Å². The molecule has 6 aromatic carbocycles. The van der Waals surface area contributed by atoms with E-state index in [-0.39, 0.29) is 51.0 Å². The van der Waals surface area contributed by atoms with E-state index in [9.17, 15) is 0 Å². The Balaban J connectivity index is 0.000000224. The quantitative estimate of drug-likeness (QED) is 0.134. The van der Waals surface area contributed by atoms with E-state index in [1.54, 1.807) is 0 Å². The van der Waals surface area contributed by atoms with Gasteiger partial charge in [0.25, 0.3) is 0 Å². The first-order valence-electron chi connectivity index (χ1n) is 18.0. The predicted molar refractivity (Wildman–Crippen MR) is 223 cm³/mol. The number of fused-ring (bicyclic) bond motifs is 2. The normalized spacial score (nSPS) is 11.9. The number of aryl methyl sites for hydroxylation is 2. The topological polar surface area (TPSA) is 0 Å². The molecule has 2 aromatic heterocycles. The second kappa shape index (κ2) is 19.0. The molecule has 2 atom stereocenters. The molecule has 2 heterocycles. The van der Waals surface area contributed by atoms with Gasteiger partial charge < -0.3 is 24.8 Å². The Morgan fingerprint density at radius 2 is 0.887 bits per heavy atom. The summed E-state index contributed by atoms with van der Waals surface area (Å²) in [5.74, 6) is 1.25. The minimum atomic E-state index is 0. The van der Waals surface area contributed by atoms with Crippen LogP contribution >= 0.6 is 22.7 Å². The van der Waals surface area contributed by atoms with Crippen molar-refractivity contribution in [2.24, 2.45) is 0 Å². The number of benzene rings is 4. The molecule has 0 spiro atoms. The molecule has 0 saturated heterocycles. The molecule has 53 heavy (non-hydrogen) atoms. The van der Waals surface area contributed by atoms with Crippen molar-refractivity contribution in [3.8, 4) is 43.1 Å². The van der Waals surface area contributed by atoms with Gasteiger partial charge in [-0.05, 0) is 80.3 Å². The summed E-state index contributed by atoms with van der Waals surface area (Å²) in [6.45, 7) is 13.4. The molecule has 0 aliphatic carbocycles. The van der Waals surface area contributed by atoms with Gasteiger partial charge in [-0.3, -0.25) is 0 Å². The van der Waals surface area contributed by atoms with Crippen LogP contribution in [0.25, 0.3) is 64.7 Å². The molecule has 8 aromatic rings. The average molecular weight is 849 g/mol. The molecule has 0 fully saturated rings. The van der Waals surface area contributed by atoms with Crippen molar-refractivity contribution in [3.05, 3.63) is 154 Å². The van der Waals surface area contributed by atoms with E-state index in [0.717, 1.165) is 0 Å². The number of hydrogen-bond acceptors (Lipinski definition) is 2. The zero-order chi connectivity index (χ0) is 34.8. The molecule has 5 heteroatoms. The van der Waals surface area contributed by atoms with Gasteiger partial charge in [0, 0.05) is 0 Å². The fourth-order valence-corrected chi connectivity index (χ4v) is 8.60. The van der Waals surface area contributed by atoms with Crippen LogP contribution in [0.5, 0.6) is 0 Å². The first kappa shape index (κ1) is 42.7. The van der Waals surface area contributed by atoms with Crippen LogP contribution in [0.4, 0.5) is 0 Å². The van der Waals surface area contributed by atoms with E-state index in [1.807, 2.05) is 22.7 Å². The van der Waals surface area contributed by atoms with Crippen molar-refractivity contribution in [2.75, 3.05) is 0 Å². The third-order valence-electron chi connectivity index (χ3n) is 10.4. The Kier molecular flexibility index (Phi) is 15.3. The van der Waals surface area contributed by atoms with Gasteiger partial charge in [0.1, 0.15) is 0 Å². The van der Waals surface area contributed by atoms with E-state index in [4.69, 9.17) is 0 Å². The summed E-state index contributed by atoms with van der Waals surface area (Å²) in [4.78, 5) is 5.43. The van der Waals surface area contributed by atoms with Crippen LogP contribution in [-0.4, -0.2) is 0 Å². The van der Waals surface area contributed by atoms with Gasteiger partial charge >= 0.3 is 26.2 Å². The van der Waals surface area contributed by atoms with Crippen LogP contribution < -0.4 is 24.8 Å². The van der Waals surface area contributed by atoms with Crippen LogP contribution in [0, 0.1) is 13.8 Å². The van der Waals surface area contributed by atoms with Crippen molar-refractivity contribution in [1.29, 1.82) is 0 Å². The Labute approximate surface area is 356 Å². The summed E-state index contributed by atoms with van der Waals surface area (Å²) in [5.41, 5.74) is 10.8. The molecule has 0 aliphatic heterocycles. The Bertz CT molecular complexity index is 2180. The summed E-state index contributed by atoms with van der Waals surface area (Å²) in [7, 11) is 0. The molecule has 268 valence electrons. The van der Waals surface area contributed by atoms with Crippen molar-refractivity contribution in [1.82, 2.24) is 0 Å². The summed E-state index contributed by atoms with van der Waals surface area (Å²) in [5, 5.41) is 5.34. The Hall–Kier alpha value is -3.04. The van der Waals surface area contributed by atoms with Gasteiger partial charge in [-0.1, -0.05) is 136 Å². The van der Waals surface area contributed by atoms with Crippen LogP contribution in [0.3, 0.4) is 0 Å². The largest absolute Gasteiger partial charge is 4.00 e. The van der Waals surface area contributed by atoms with Crippen molar-refractivity contribution in [2.45, 2.75) is 66.2 Å². The van der Waals surface area contributed by atoms with E-state index in [0.29, 0.717) is 11.8 Å². The van der Waals surface area contributed by atoms with E-state index in [1.165, 1.54) is 98.4 Å². The SMILES string of the molecule is CCC(C)c1ccc(-c2cccc3[cH-]c(-c4ccc(C)s4)cc23)cc1.CCC(C)c1ccc(-c2cccc3[cH-]c(-c4ccc(C)s4)cc23)cc1.[Cl-].[Cl-].[Zr+4]. The van der Waals surface area contributed by atoms with E-state index < -0.39 is 0 Å². The Morgan fingerprint density at radius 3 is 1.21 bits per heavy atom. The molecule has 0 N–H and O–H groups in total. The second-order valence-electron chi connectivity index (χ2n) is 13.8. The maximum Gasteiger partial charge on any atom is 4.00 e. The summed E-state index contributed by atoms with van der Waals surface area (Å²) >= 11 is 3.73. The maximum absolute atomic E-state index is 2.35.